The summed E-state index contributed by atoms with van der Waals surface area (Å²) in [5.74, 6) is -0.577. The third-order valence-electron chi connectivity index (χ3n) is 10.6. The molecule has 3 heterocycles. The summed E-state index contributed by atoms with van der Waals surface area (Å²) in [6, 6.07) is 35.7. The standard InChI is InChI=1S/C44H38BrN3O4/c1-27-13-14-30(21-28(27)2)26-52-40-16-15-29(23-39(40)45)22-38-42(49)46-44(51)48(43(38)50)33-24-36-34(31-9-5-3-6-10-31)17-19-47-20-18-35(37(25-33)41(36)47)32-11-7-4-8-12-32/h3-16,21-25,34-35H,17-20,26H2,1-2H3,(H,46,49,51)/b38-22+/t34-,35-/m1/s1. The average Bonchev–Trinajstić information content (AvgIpc) is 3.15. The van der Waals surface area contributed by atoms with Crippen molar-refractivity contribution in [1.29, 1.82) is 0 Å². The summed E-state index contributed by atoms with van der Waals surface area (Å²) < 4.78 is 6.76. The van der Waals surface area contributed by atoms with Crippen LogP contribution in [-0.4, -0.2) is 30.9 Å². The van der Waals surface area contributed by atoms with Crippen LogP contribution in [-0.2, 0) is 16.2 Å². The number of urea groups is 1. The number of aryl methyl sites for hydroxylation is 2. The lowest BCUT2D eigenvalue weighted by Crippen LogP contribution is -2.54. The first-order valence-electron chi connectivity index (χ1n) is 17.7. The number of hydrogen-bond acceptors (Lipinski definition) is 5. The van der Waals surface area contributed by atoms with E-state index in [-0.39, 0.29) is 17.4 Å². The van der Waals surface area contributed by atoms with Crippen LogP contribution in [0.25, 0.3) is 6.08 Å². The van der Waals surface area contributed by atoms with Gasteiger partial charge in [-0.25, -0.2) is 9.69 Å². The number of carbonyl (C=O) groups is 3. The van der Waals surface area contributed by atoms with Gasteiger partial charge in [0, 0.05) is 30.6 Å². The molecule has 0 aliphatic carbocycles. The summed E-state index contributed by atoms with van der Waals surface area (Å²) in [7, 11) is 0. The third kappa shape index (κ3) is 6.32. The van der Waals surface area contributed by atoms with Crippen molar-refractivity contribution in [2.75, 3.05) is 22.9 Å². The van der Waals surface area contributed by atoms with Crippen LogP contribution in [0.15, 0.2) is 119 Å². The average molecular weight is 753 g/mol. The number of ether oxygens (including phenoxy) is 1. The molecule has 260 valence electrons. The second kappa shape index (κ2) is 13.9. The first-order valence-corrected chi connectivity index (χ1v) is 18.5. The van der Waals surface area contributed by atoms with E-state index < -0.39 is 17.8 Å². The molecular formula is C44H38BrN3O4. The molecule has 1 fully saturated rings. The number of benzene rings is 5. The number of anilines is 2. The van der Waals surface area contributed by atoms with Gasteiger partial charge in [-0.2, -0.15) is 0 Å². The lowest BCUT2D eigenvalue weighted by molar-refractivity contribution is -0.122. The number of halogens is 1. The molecule has 0 bridgehead atoms. The Kier molecular flexibility index (Phi) is 9.01. The Morgan fingerprint density at radius 1 is 0.769 bits per heavy atom. The van der Waals surface area contributed by atoms with Gasteiger partial charge in [0.1, 0.15) is 17.9 Å². The maximum Gasteiger partial charge on any atom is 0.335 e. The van der Waals surface area contributed by atoms with E-state index in [2.05, 4.69) is 101 Å². The minimum absolute atomic E-state index is 0.0911. The molecule has 0 unspecified atom stereocenters. The molecule has 8 heteroatoms. The third-order valence-corrected chi connectivity index (χ3v) is 11.2. The van der Waals surface area contributed by atoms with E-state index in [1.165, 1.54) is 34.0 Å². The topological polar surface area (TPSA) is 79.0 Å². The van der Waals surface area contributed by atoms with Crippen molar-refractivity contribution >= 4 is 51.2 Å². The van der Waals surface area contributed by atoms with Crippen LogP contribution in [0.1, 0.15) is 69.2 Å². The van der Waals surface area contributed by atoms with Crippen LogP contribution in [0, 0.1) is 13.8 Å². The van der Waals surface area contributed by atoms with Crippen molar-refractivity contribution in [2.45, 2.75) is 45.1 Å². The minimum Gasteiger partial charge on any atom is -0.488 e. The predicted molar refractivity (Wildman–Crippen MR) is 208 cm³/mol. The van der Waals surface area contributed by atoms with Crippen LogP contribution in [0.2, 0.25) is 0 Å². The van der Waals surface area contributed by atoms with Gasteiger partial charge in [-0.05, 0) is 117 Å². The molecule has 1 saturated heterocycles. The quantitative estimate of drug-likeness (QED) is 0.133. The molecule has 0 spiro atoms. The van der Waals surface area contributed by atoms with Crippen molar-refractivity contribution in [3.05, 3.63) is 164 Å². The summed E-state index contributed by atoms with van der Waals surface area (Å²) in [6.45, 7) is 6.41. The summed E-state index contributed by atoms with van der Waals surface area (Å²) >= 11 is 3.60. The first-order chi connectivity index (χ1) is 25.2. The molecule has 0 saturated carbocycles. The second-order valence-electron chi connectivity index (χ2n) is 13.8. The molecule has 5 aromatic rings. The number of hydrogen-bond donors (Lipinski definition) is 1. The monoisotopic (exact) mass is 751 g/mol. The molecule has 1 N–H and O–H groups in total. The van der Waals surface area contributed by atoms with Crippen LogP contribution in [0.3, 0.4) is 0 Å². The Hall–Kier alpha value is -5.47. The van der Waals surface area contributed by atoms with E-state index in [1.807, 2.05) is 30.3 Å². The van der Waals surface area contributed by atoms with Crippen LogP contribution < -0.4 is 19.9 Å². The number of nitrogens with one attached hydrogen (secondary N) is 1. The highest BCUT2D eigenvalue weighted by Crippen LogP contribution is 2.50. The number of rotatable bonds is 7. The van der Waals surface area contributed by atoms with Gasteiger partial charge < -0.3 is 9.64 Å². The molecule has 7 nitrogen and oxygen atoms in total. The lowest BCUT2D eigenvalue weighted by Gasteiger charge is -2.44. The summed E-state index contributed by atoms with van der Waals surface area (Å²) in [5, 5.41) is 2.44. The van der Waals surface area contributed by atoms with E-state index in [4.69, 9.17) is 4.74 Å². The zero-order chi connectivity index (χ0) is 35.9. The molecule has 3 aliphatic heterocycles. The number of nitrogens with zero attached hydrogens (tertiary/aromatic N) is 2. The fraction of sp³-hybridized carbons (Fsp3) is 0.205. The van der Waals surface area contributed by atoms with Crippen molar-refractivity contribution in [1.82, 2.24) is 5.32 Å². The molecule has 8 rings (SSSR count). The minimum atomic E-state index is -0.758. The van der Waals surface area contributed by atoms with Gasteiger partial charge in [-0.3, -0.25) is 14.9 Å². The number of imide groups is 2. The molecule has 0 aromatic heterocycles. The summed E-state index contributed by atoms with van der Waals surface area (Å²) in [5.41, 5.74) is 10.2. The van der Waals surface area contributed by atoms with Gasteiger partial charge in [0.2, 0.25) is 0 Å². The van der Waals surface area contributed by atoms with E-state index >= 15 is 0 Å². The molecule has 4 amide bonds. The highest BCUT2D eigenvalue weighted by atomic mass is 79.9. The highest BCUT2D eigenvalue weighted by Gasteiger charge is 2.40. The van der Waals surface area contributed by atoms with Gasteiger partial charge >= 0.3 is 6.03 Å². The predicted octanol–water partition coefficient (Wildman–Crippen LogP) is 9.19. The van der Waals surface area contributed by atoms with E-state index in [1.54, 1.807) is 18.2 Å². The van der Waals surface area contributed by atoms with Crippen LogP contribution in [0.5, 0.6) is 5.75 Å². The van der Waals surface area contributed by atoms with E-state index in [0.717, 1.165) is 47.5 Å². The van der Waals surface area contributed by atoms with Gasteiger partial charge in [-0.1, -0.05) is 84.9 Å². The maximum absolute atomic E-state index is 14.3. The van der Waals surface area contributed by atoms with Crippen molar-refractivity contribution in [3.8, 4) is 5.75 Å². The molecular weight excluding hydrogens is 714 g/mol. The number of amides is 4. The Morgan fingerprint density at radius 3 is 2.00 bits per heavy atom. The van der Waals surface area contributed by atoms with Gasteiger partial charge in [0.15, 0.2) is 0 Å². The second-order valence-corrected chi connectivity index (χ2v) is 14.7. The Bertz CT molecular complexity index is 2180. The highest BCUT2D eigenvalue weighted by molar-refractivity contribution is 9.10. The Balaban J connectivity index is 1.15. The zero-order valence-electron chi connectivity index (χ0n) is 29.1. The molecule has 52 heavy (non-hydrogen) atoms. The smallest absolute Gasteiger partial charge is 0.335 e. The fourth-order valence-electron chi connectivity index (χ4n) is 7.81. The Labute approximate surface area is 312 Å². The van der Waals surface area contributed by atoms with Crippen molar-refractivity contribution < 1.29 is 19.1 Å². The van der Waals surface area contributed by atoms with Crippen molar-refractivity contribution in [3.63, 3.8) is 0 Å². The van der Waals surface area contributed by atoms with Crippen molar-refractivity contribution in [2.24, 2.45) is 0 Å². The van der Waals surface area contributed by atoms with E-state index in [9.17, 15) is 14.4 Å². The number of carbonyl (C=O) groups excluding carboxylic acids is 3. The van der Waals surface area contributed by atoms with Gasteiger partial charge in [0.05, 0.1) is 10.2 Å². The zero-order valence-corrected chi connectivity index (χ0v) is 30.7. The maximum atomic E-state index is 14.3. The molecule has 5 aromatic carbocycles. The number of barbiturate groups is 1. The lowest BCUT2D eigenvalue weighted by atomic mass is 9.76. The molecule has 2 atom stereocenters. The van der Waals surface area contributed by atoms with Crippen LogP contribution in [0.4, 0.5) is 16.2 Å². The summed E-state index contributed by atoms with van der Waals surface area (Å²) in [4.78, 5) is 44.7. The Morgan fingerprint density at radius 2 is 1.40 bits per heavy atom. The fourth-order valence-corrected chi connectivity index (χ4v) is 8.32. The summed E-state index contributed by atoms with van der Waals surface area (Å²) in [6.07, 6.45) is 3.36. The molecule has 3 aliphatic rings. The van der Waals surface area contributed by atoms with Gasteiger partial charge in [0.25, 0.3) is 11.8 Å². The SMILES string of the molecule is Cc1ccc(COc2ccc(/C=C3\C(=O)NC(=O)N(c4cc5c6c(c4)[C@@H](c4ccccc4)CCN6CC[C@@H]5c4ccccc4)C3=O)cc2Br)cc1C. The first kappa shape index (κ1) is 33.7. The van der Waals surface area contributed by atoms with Crippen LogP contribution >= 0.6 is 15.9 Å². The van der Waals surface area contributed by atoms with Gasteiger partial charge in [-0.15, -0.1) is 0 Å². The van der Waals surface area contributed by atoms with E-state index in [0.29, 0.717) is 28.1 Å². The normalized spacial score (nSPS) is 19.1. The molecule has 0 radical (unpaired) electrons. The largest absolute Gasteiger partial charge is 0.488 e.